The SMILES string of the molecule is O=Cc1ccc2c(CO)c(O)sc2c1. The Hall–Kier alpha value is -1.39. The highest BCUT2D eigenvalue weighted by Crippen LogP contribution is 2.36. The molecular weight excluding hydrogens is 200 g/mol. The van der Waals surface area contributed by atoms with Gasteiger partial charge < -0.3 is 10.2 Å². The van der Waals surface area contributed by atoms with Gasteiger partial charge in [0.2, 0.25) is 0 Å². The lowest BCUT2D eigenvalue weighted by molar-refractivity contribution is 0.112. The second-order valence-corrected chi connectivity index (χ2v) is 3.95. The first-order valence-corrected chi connectivity index (χ1v) is 4.88. The van der Waals surface area contributed by atoms with Crippen LogP contribution in [-0.2, 0) is 6.61 Å². The average Bonchev–Trinajstić information content (AvgIpc) is 2.51. The Morgan fingerprint density at radius 1 is 1.43 bits per heavy atom. The zero-order chi connectivity index (χ0) is 10.1. The van der Waals surface area contributed by atoms with Gasteiger partial charge in [0.15, 0.2) is 5.06 Å². The minimum absolute atomic E-state index is 0.116. The Morgan fingerprint density at radius 2 is 2.21 bits per heavy atom. The molecule has 0 fully saturated rings. The number of carbonyl (C=O) groups is 1. The molecule has 0 unspecified atom stereocenters. The Morgan fingerprint density at radius 3 is 2.86 bits per heavy atom. The van der Waals surface area contributed by atoms with E-state index in [1.54, 1.807) is 18.2 Å². The zero-order valence-corrected chi connectivity index (χ0v) is 8.04. The number of aliphatic hydroxyl groups is 1. The van der Waals surface area contributed by atoms with Crippen molar-refractivity contribution in [2.75, 3.05) is 0 Å². The third-order valence-corrected chi connectivity index (χ3v) is 3.09. The number of aromatic hydroxyl groups is 1. The third-order valence-electron chi connectivity index (χ3n) is 2.09. The summed E-state index contributed by atoms with van der Waals surface area (Å²) in [5.41, 5.74) is 1.10. The summed E-state index contributed by atoms with van der Waals surface area (Å²) in [6, 6.07) is 5.10. The Kier molecular flexibility index (Phi) is 2.23. The number of thiophene rings is 1. The maximum Gasteiger partial charge on any atom is 0.177 e. The van der Waals surface area contributed by atoms with Crippen LogP contribution in [0.15, 0.2) is 18.2 Å². The molecule has 0 aliphatic carbocycles. The lowest BCUT2D eigenvalue weighted by Crippen LogP contribution is -1.81. The number of benzene rings is 1. The molecule has 0 aliphatic heterocycles. The summed E-state index contributed by atoms with van der Waals surface area (Å²) in [6.45, 7) is -0.188. The maximum absolute atomic E-state index is 10.5. The van der Waals surface area contributed by atoms with Crippen molar-refractivity contribution >= 4 is 27.7 Å². The van der Waals surface area contributed by atoms with E-state index < -0.39 is 0 Å². The van der Waals surface area contributed by atoms with Gasteiger partial charge in [-0.25, -0.2) is 0 Å². The van der Waals surface area contributed by atoms with E-state index in [9.17, 15) is 9.90 Å². The van der Waals surface area contributed by atoms with Gasteiger partial charge >= 0.3 is 0 Å². The summed E-state index contributed by atoms with van der Waals surface area (Å²) in [5, 5.41) is 19.4. The van der Waals surface area contributed by atoms with Crippen molar-refractivity contribution in [1.29, 1.82) is 0 Å². The molecule has 2 rings (SSSR count). The fourth-order valence-electron chi connectivity index (χ4n) is 1.38. The van der Waals surface area contributed by atoms with Crippen molar-refractivity contribution in [2.24, 2.45) is 0 Å². The van der Waals surface area contributed by atoms with E-state index in [0.717, 1.165) is 16.4 Å². The van der Waals surface area contributed by atoms with Crippen LogP contribution in [0.4, 0.5) is 0 Å². The molecule has 0 aliphatic rings. The molecule has 72 valence electrons. The van der Waals surface area contributed by atoms with E-state index in [0.29, 0.717) is 11.1 Å². The van der Waals surface area contributed by atoms with Gasteiger partial charge in [-0.3, -0.25) is 4.79 Å². The summed E-state index contributed by atoms with van der Waals surface area (Å²) >= 11 is 1.17. The van der Waals surface area contributed by atoms with E-state index in [-0.39, 0.29) is 11.7 Å². The molecule has 0 radical (unpaired) electrons. The van der Waals surface area contributed by atoms with Crippen LogP contribution in [0.5, 0.6) is 5.06 Å². The molecule has 3 nitrogen and oxygen atoms in total. The van der Waals surface area contributed by atoms with Gasteiger partial charge in [-0.2, -0.15) is 0 Å². The quantitative estimate of drug-likeness (QED) is 0.741. The molecule has 4 heteroatoms. The van der Waals surface area contributed by atoms with Crippen molar-refractivity contribution in [3.05, 3.63) is 29.3 Å². The molecule has 0 amide bonds. The van der Waals surface area contributed by atoms with Gasteiger partial charge in [0.05, 0.1) is 6.61 Å². The average molecular weight is 208 g/mol. The fourth-order valence-corrected chi connectivity index (χ4v) is 2.38. The molecule has 2 N–H and O–H groups in total. The number of fused-ring (bicyclic) bond motifs is 1. The molecule has 0 saturated heterocycles. The predicted molar refractivity (Wildman–Crippen MR) is 54.8 cm³/mol. The predicted octanol–water partition coefficient (Wildman–Crippen LogP) is 1.91. The van der Waals surface area contributed by atoms with E-state index in [1.807, 2.05) is 0 Å². The van der Waals surface area contributed by atoms with Crippen LogP contribution in [0.3, 0.4) is 0 Å². The van der Waals surface area contributed by atoms with Crippen molar-refractivity contribution in [3.8, 4) is 5.06 Å². The van der Waals surface area contributed by atoms with Crippen LogP contribution in [0.25, 0.3) is 10.1 Å². The first kappa shape index (κ1) is 9.18. The topological polar surface area (TPSA) is 57.5 Å². The Labute approximate surface area is 84.2 Å². The van der Waals surface area contributed by atoms with Gasteiger partial charge in [-0.15, -0.1) is 0 Å². The van der Waals surface area contributed by atoms with E-state index in [1.165, 1.54) is 11.3 Å². The number of rotatable bonds is 2. The first-order valence-electron chi connectivity index (χ1n) is 4.06. The smallest absolute Gasteiger partial charge is 0.177 e. The van der Waals surface area contributed by atoms with E-state index >= 15 is 0 Å². The minimum Gasteiger partial charge on any atom is -0.499 e. The number of aldehydes is 1. The first-order chi connectivity index (χ1) is 6.76. The molecule has 1 heterocycles. The standard InChI is InChI=1S/C10H8O3S/c11-4-6-1-2-7-8(5-12)10(13)14-9(7)3-6/h1-4,12-13H,5H2. The number of hydrogen-bond donors (Lipinski definition) is 2. The van der Waals surface area contributed by atoms with Crippen molar-refractivity contribution in [2.45, 2.75) is 6.61 Å². The van der Waals surface area contributed by atoms with Crippen molar-refractivity contribution < 1.29 is 15.0 Å². The largest absolute Gasteiger partial charge is 0.499 e. The molecule has 1 aromatic heterocycles. The zero-order valence-electron chi connectivity index (χ0n) is 7.23. The second-order valence-electron chi connectivity index (χ2n) is 2.92. The summed E-state index contributed by atoms with van der Waals surface area (Å²) in [5.74, 6) is 0. The highest BCUT2D eigenvalue weighted by atomic mass is 32.1. The molecule has 14 heavy (non-hydrogen) atoms. The van der Waals surface area contributed by atoms with E-state index in [4.69, 9.17) is 5.11 Å². The van der Waals surface area contributed by atoms with Gasteiger partial charge in [0, 0.05) is 21.2 Å². The van der Waals surface area contributed by atoms with Gasteiger partial charge in [-0.05, 0) is 6.07 Å². The lowest BCUT2D eigenvalue weighted by Gasteiger charge is -1.94. The minimum atomic E-state index is -0.188. The molecular formula is C10H8O3S. The summed E-state index contributed by atoms with van der Waals surface area (Å²) in [6.07, 6.45) is 0.759. The lowest BCUT2D eigenvalue weighted by atomic mass is 10.1. The number of hydrogen-bond acceptors (Lipinski definition) is 4. The van der Waals surface area contributed by atoms with Crippen LogP contribution in [-0.4, -0.2) is 16.5 Å². The third kappa shape index (κ3) is 1.29. The van der Waals surface area contributed by atoms with Crippen LogP contribution in [0.2, 0.25) is 0 Å². The summed E-state index contributed by atoms with van der Waals surface area (Å²) in [4.78, 5) is 10.5. The molecule has 0 atom stereocenters. The van der Waals surface area contributed by atoms with Gasteiger partial charge in [-0.1, -0.05) is 23.5 Å². The summed E-state index contributed by atoms with van der Waals surface area (Å²) in [7, 11) is 0. The Balaban J connectivity index is 2.74. The number of aliphatic hydroxyl groups excluding tert-OH is 1. The number of carbonyl (C=O) groups excluding carboxylic acids is 1. The highest BCUT2D eigenvalue weighted by Gasteiger charge is 2.10. The van der Waals surface area contributed by atoms with Crippen LogP contribution < -0.4 is 0 Å². The van der Waals surface area contributed by atoms with E-state index in [2.05, 4.69) is 0 Å². The molecule has 2 aromatic rings. The van der Waals surface area contributed by atoms with Crippen LogP contribution >= 0.6 is 11.3 Å². The monoisotopic (exact) mass is 208 g/mol. The van der Waals surface area contributed by atoms with Crippen molar-refractivity contribution in [3.63, 3.8) is 0 Å². The van der Waals surface area contributed by atoms with Crippen LogP contribution in [0.1, 0.15) is 15.9 Å². The molecule has 0 bridgehead atoms. The van der Waals surface area contributed by atoms with Crippen molar-refractivity contribution in [1.82, 2.24) is 0 Å². The molecule has 0 saturated carbocycles. The van der Waals surface area contributed by atoms with Gasteiger partial charge in [0.1, 0.15) is 6.29 Å². The summed E-state index contributed by atoms with van der Waals surface area (Å²) < 4.78 is 0.816. The molecule has 0 spiro atoms. The highest BCUT2D eigenvalue weighted by molar-refractivity contribution is 7.20. The van der Waals surface area contributed by atoms with Crippen LogP contribution in [0, 0.1) is 0 Å². The normalized spacial score (nSPS) is 10.6. The molecule has 1 aromatic carbocycles. The maximum atomic E-state index is 10.5. The fraction of sp³-hybridized carbons (Fsp3) is 0.100. The van der Waals surface area contributed by atoms with Gasteiger partial charge in [0.25, 0.3) is 0 Å². The Bertz CT molecular complexity index is 487. The second kappa shape index (κ2) is 3.40.